The van der Waals surface area contributed by atoms with Crippen molar-refractivity contribution in [2.75, 3.05) is 16.4 Å². The first-order chi connectivity index (χ1) is 16.6. The highest BCUT2D eigenvalue weighted by Crippen LogP contribution is 2.21. The molecule has 0 bridgehead atoms. The molecule has 3 heterocycles. The summed E-state index contributed by atoms with van der Waals surface area (Å²) in [4.78, 5) is 29.8. The number of aromatic nitrogens is 5. The second kappa shape index (κ2) is 8.94. The molecule has 34 heavy (non-hydrogen) atoms. The number of carbonyl (C=O) groups is 1. The molecule has 0 unspecified atom stereocenters. The van der Waals surface area contributed by atoms with E-state index in [-0.39, 0.29) is 11.6 Å². The maximum atomic E-state index is 13.2. The number of fused-ring (bicyclic) bond motifs is 1. The van der Waals surface area contributed by atoms with E-state index in [1.54, 1.807) is 30.7 Å². The van der Waals surface area contributed by atoms with Gasteiger partial charge in [-0.05, 0) is 48.0 Å². The van der Waals surface area contributed by atoms with Gasteiger partial charge in [0, 0.05) is 30.7 Å². The van der Waals surface area contributed by atoms with Crippen molar-refractivity contribution in [1.82, 2.24) is 24.3 Å². The van der Waals surface area contributed by atoms with Gasteiger partial charge in [-0.15, -0.1) is 0 Å². The van der Waals surface area contributed by atoms with Gasteiger partial charge in [0.05, 0.1) is 29.0 Å². The topological polar surface area (TPSA) is 123 Å². The predicted octanol–water partition coefficient (Wildman–Crippen LogP) is 3.77. The maximum Gasteiger partial charge on any atom is 0.255 e. The summed E-state index contributed by atoms with van der Waals surface area (Å²) < 4.78 is 15.0. The van der Waals surface area contributed by atoms with Gasteiger partial charge >= 0.3 is 0 Å². The van der Waals surface area contributed by atoms with E-state index in [1.807, 2.05) is 34.9 Å². The van der Waals surface area contributed by atoms with Crippen LogP contribution in [0, 0.1) is 5.82 Å². The summed E-state index contributed by atoms with van der Waals surface area (Å²) in [6, 6.07) is 14.5. The summed E-state index contributed by atoms with van der Waals surface area (Å²) in [6.45, 7) is 0.463. The smallest absolute Gasteiger partial charge is 0.255 e. The molecule has 5 aromatic rings. The van der Waals surface area contributed by atoms with E-state index in [4.69, 9.17) is 5.73 Å². The van der Waals surface area contributed by atoms with Crippen molar-refractivity contribution in [2.45, 2.75) is 6.54 Å². The minimum Gasteiger partial charge on any atom is -0.397 e. The van der Waals surface area contributed by atoms with Gasteiger partial charge in [0.15, 0.2) is 0 Å². The Kier molecular flexibility index (Phi) is 5.53. The molecule has 0 radical (unpaired) electrons. The molecule has 0 aliphatic heterocycles. The summed E-state index contributed by atoms with van der Waals surface area (Å²) in [5.41, 5.74) is 9.18. The maximum absolute atomic E-state index is 13.2. The van der Waals surface area contributed by atoms with Crippen LogP contribution in [0.2, 0.25) is 0 Å². The zero-order valence-corrected chi connectivity index (χ0v) is 17.8. The highest BCUT2D eigenvalue weighted by atomic mass is 19.1. The fourth-order valence-electron chi connectivity index (χ4n) is 3.40. The van der Waals surface area contributed by atoms with Crippen LogP contribution in [0.5, 0.6) is 0 Å². The Morgan fingerprint density at radius 3 is 2.71 bits per heavy atom. The minimum absolute atomic E-state index is 0.164. The van der Waals surface area contributed by atoms with Crippen LogP contribution < -0.4 is 16.4 Å². The van der Waals surface area contributed by atoms with Crippen molar-refractivity contribution in [3.63, 3.8) is 0 Å². The number of carbonyl (C=O) groups excluding carboxylic acids is 1. The van der Waals surface area contributed by atoms with Gasteiger partial charge in [-0.1, -0.05) is 12.1 Å². The number of nitrogen functional groups attached to an aromatic ring is 1. The van der Waals surface area contributed by atoms with E-state index in [0.29, 0.717) is 35.2 Å². The molecule has 10 heteroatoms. The zero-order valence-electron chi connectivity index (χ0n) is 17.8. The summed E-state index contributed by atoms with van der Waals surface area (Å²) in [6.07, 6.45) is 6.96. The predicted molar refractivity (Wildman–Crippen MR) is 127 cm³/mol. The van der Waals surface area contributed by atoms with E-state index in [2.05, 4.69) is 30.6 Å². The highest BCUT2D eigenvalue weighted by Gasteiger charge is 2.10. The van der Waals surface area contributed by atoms with Gasteiger partial charge in [-0.2, -0.15) is 0 Å². The molecule has 168 valence electrons. The fraction of sp³-hybridized carbons (Fsp3) is 0.0417. The number of hydrogen-bond donors (Lipinski definition) is 3. The molecule has 5 rings (SSSR count). The van der Waals surface area contributed by atoms with Crippen molar-refractivity contribution in [3.05, 3.63) is 96.3 Å². The lowest BCUT2D eigenvalue weighted by Crippen LogP contribution is -2.13. The quantitative estimate of drug-likeness (QED) is 0.334. The third-order valence-electron chi connectivity index (χ3n) is 5.14. The summed E-state index contributed by atoms with van der Waals surface area (Å²) in [7, 11) is 0. The van der Waals surface area contributed by atoms with Crippen LogP contribution in [-0.2, 0) is 6.54 Å². The Hall–Kier alpha value is -4.86. The molecular formula is C24H19FN8O. The Bertz CT molecular complexity index is 1480. The Morgan fingerprint density at radius 1 is 1.03 bits per heavy atom. The van der Waals surface area contributed by atoms with Gasteiger partial charge in [0.1, 0.15) is 5.82 Å². The summed E-state index contributed by atoms with van der Waals surface area (Å²) in [5, 5.41) is 5.88. The molecule has 1 amide bonds. The molecule has 0 fully saturated rings. The third kappa shape index (κ3) is 4.37. The molecule has 0 saturated carbocycles. The third-order valence-corrected chi connectivity index (χ3v) is 5.14. The average Bonchev–Trinajstić information content (AvgIpc) is 3.29. The lowest BCUT2D eigenvalue weighted by Gasteiger charge is -2.09. The van der Waals surface area contributed by atoms with Crippen LogP contribution in [0.15, 0.2) is 79.4 Å². The second-order valence-corrected chi connectivity index (χ2v) is 7.43. The lowest BCUT2D eigenvalue weighted by atomic mass is 10.1. The number of nitrogens with zero attached hydrogens (tertiary/aromatic N) is 5. The first-order valence-corrected chi connectivity index (χ1v) is 10.4. The molecule has 0 aliphatic rings. The first-order valence-electron chi connectivity index (χ1n) is 10.4. The highest BCUT2D eigenvalue weighted by molar-refractivity contribution is 6.05. The van der Waals surface area contributed by atoms with Crippen LogP contribution in [0.4, 0.5) is 21.7 Å². The minimum atomic E-state index is -0.461. The van der Waals surface area contributed by atoms with Crippen molar-refractivity contribution < 1.29 is 9.18 Å². The van der Waals surface area contributed by atoms with Gasteiger partial charge in [0.2, 0.25) is 11.7 Å². The second-order valence-electron chi connectivity index (χ2n) is 7.43. The number of nitrogens with two attached hydrogens (primary N) is 1. The van der Waals surface area contributed by atoms with E-state index >= 15 is 0 Å². The lowest BCUT2D eigenvalue weighted by molar-refractivity contribution is 0.102. The van der Waals surface area contributed by atoms with Crippen LogP contribution in [-0.4, -0.2) is 30.2 Å². The van der Waals surface area contributed by atoms with Crippen molar-refractivity contribution in [1.29, 1.82) is 0 Å². The van der Waals surface area contributed by atoms with E-state index in [0.717, 1.165) is 17.3 Å². The van der Waals surface area contributed by atoms with Crippen LogP contribution in [0.25, 0.3) is 17.2 Å². The number of amides is 1. The van der Waals surface area contributed by atoms with Gasteiger partial charge < -0.3 is 16.4 Å². The summed E-state index contributed by atoms with van der Waals surface area (Å²) in [5.74, 6) is 0.260. The monoisotopic (exact) mass is 454 g/mol. The largest absolute Gasteiger partial charge is 0.397 e. The van der Waals surface area contributed by atoms with Crippen LogP contribution in [0.1, 0.15) is 15.9 Å². The molecule has 3 aromatic heterocycles. The number of halogens is 1. The van der Waals surface area contributed by atoms with E-state index in [9.17, 15) is 9.18 Å². The number of hydrogen-bond acceptors (Lipinski definition) is 7. The van der Waals surface area contributed by atoms with Crippen LogP contribution >= 0.6 is 0 Å². The molecule has 0 spiro atoms. The molecule has 4 N–H and O–H groups in total. The number of benzene rings is 2. The van der Waals surface area contributed by atoms with Gasteiger partial charge in [-0.25, -0.2) is 24.3 Å². The molecule has 2 aromatic carbocycles. The van der Waals surface area contributed by atoms with Crippen molar-refractivity contribution in [2.24, 2.45) is 0 Å². The van der Waals surface area contributed by atoms with Gasteiger partial charge in [-0.3, -0.25) is 9.20 Å². The number of imidazole rings is 1. The number of rotatable bonds is 6. The van der Waals surface area contributed by atoms with Gasteiger partial charge in [0.25, 0.3) is 5.91 Å². The number of nitrogens with one attached hydrogen (secondary N) is 2. The van der Waals surface area contributed by atoms with E-state index in [1.165, 1.54) is 12.1 Å². The Labute approximate surface area is 193 Å². The average molecular weight is 454 g/mol. The van der Waals surface area contributed by atoms with Crippen LogP contribution in [0.3, 0.4) is 0 Å². The summed E-state index contributed by atoms with van der Waals surface area (Å²) >= 11 is 0. The first kappa shape index (κ1) is 21.0. The number of anilines is 3. The molecule has 0 saturated heterocycles. The molecule has 0 aliphatic carbocycles. The fourth-order valence-corrected chi connectivity index (χ4v) is 3.40. The Balaban J connectivity index is 1.24. The molecule has 9 nitrogen and oxygen atoms in total. The molecule has 0 atom stereocenters. The molecular weight excluding hydrogens is 435 g/mol. The normalized spacial score (nSPS) is 10.9. The SMILES string of the molecule is Nc1cc(F)ccc1NC(=O)c1ccc(CNc2nccc(-c3cnc4ncccn34)n2)cc1. The zero-order chi connectivity index (χ0) is 23.5. The Morgan fingerprint density at radius 2 is 1.88 bits per heavy atom. The van der Waals surface area contributed by atoms with E-state index < -0.39 is 5.82 Å². The standard InChI is InChI=1S/C24H19FN8O/c25-17-6-7-19(18(26)12-17)31-22(34)16-4-2-15(3-5-16)13-29-23-27-10-8-20(32-23)21-14-30-24-28-9-1-11-33(21)24/h1-12,14H,13,26H2,(H,31,34)(H,27,29,32). The van der Waals surface area contributed by atoms with Crippen molar-refractivity contribution in [3.8, 4) is 11.4 Å². The van der Waals surface area contributed by atoms with Crippen molar-refractivity contribution >= 4 is 29.0 Å².